The Morgan fingerprint density at radius 3 is 2.40 bits per heavy atom. The number of primary amides is 1. The first-order chi connectivity index (χ1) is 19.0. The van der Waals surface area contributed by atoms with Crippen LogP contribution in [0.4, 0.5) is 11.5 Å². The molecule has 40 heavy (non-hydrogen) atoms. The summed E-state index contributed by atoms with van der Waals surface area (Å²) in [5, 5.41) is 0. The van der Waals surface area contributed by atoms with Gasteiger partial charge in [-0.3, -0.25) is 9.69 Å². The van der Waals surface area contributed by atoms with Gasteiger partial charge < -0.3 is 15.5 Å². The first kappa shape index (κ1) is 28.1. The smallest absolute Gasteiger partial charge is 0.231 e. The summed E-state index contributed by atoms with van der Waals surface area (Å²) in [7, 11) is 0. The van der Waals surface area contributed by atoms with Crippen LogP contribution < -0.4 is 15.5 Å². The quantitative estimate of drug-likeness (QED) is 0.467. The van der Waals surface area contributed by atoms with E-state index < -0.39 is 0 Å². The van der Waals surface area contributed by atoms with Crippen LogP contribution in [0.15, 0.2) is 36.4 Å². The lowest BCUT2D eigenvalue weighted by Gasteiger charge is -2.45. The lowest BCUT2D eigenvalue weighted by Crippen LogP contribution is -2.58. The molecule has 0 radical (unpaired) electrons. The number of aromatic nitrogens is 2. The number of hydrogen-bond donors (Lipinski definition) is 1. The summed E-state index contributed by atoms with van der Waals surface area (Å²) in [6.45, 7) is 18.9. The van der Waals surface area contributed by atoms with Crippen molar-refractivity contribution < 1.29 is 4.79 Å². The Balaban J connectivity index is 1.60. The van der Waals surface area contributed by atoms with Crippen LogP contribution in [0.5, 0.6) is 0 Å². The number of anilines is 2. The second-order valence-electron chi connectivity index (χ2n) is 12.2. The minimum Gasteiger partial charge on any atom is -0.369 e. The molecule has 2 aliphatic rings. The van der Waals surface area contributed by atoms with Crippen molar-refractivity contribution in [1.82, 2.24) is 14.9 Å². The molecule has 2 unspecified atom stereocenters. The van der Waals surface area contributed by atoms with Crippen LogP contribution in [0.1, 0.15) is 67.1 Å². The molecule has 1 aromatic heterocycles. The van der Waals surface area contributed by atoms with E-state index in [9.17, 15) is 4.79 Å². The van der Waals surface area contributed by atoms with Crippen molar-refractivity contribution in [2.24, 2.45) is 5.73 Å². The Morgan fingerprint density at radius 2 is 1.73 bits per heavy atom. The highest BCUT2D eigenvalue weighted by Gasteiger charge is 2.34. The van der Waals surface area contributed by atoms with Gasteiger partial charge in [0, 0.05) is 61.5 Å². The fourth-order valence-electron chi connectivity index (χ4n) is 6.36. The molecule has 5 rings (SSSR count). The molecule has 7 heteroatoms. The summed E-state index contributed by atoms with van der Waals surface area (Å²) < 4.78 is 0. The first-order valence-electron chi connectivity index (χ1n) is 14.6. The third kappa shape index (κ3) is 5.44. The Labute approximate surface area is 239 Å². The first-order valence-corrected chi connectivity index (χ1v) is 14.6. The molecule has 1 saturated heterocycles. The van der Waals surface area contributed by atoms with Gasteiger partial charge in [0.1, 0.15) is 5.82 Å². The largest absolute Gasteiger partial charge is 0.369 e. The van der Waals surface area contributed by atoms with E-state index in [1.807, 2.05) is 0 Å². The van der Waals surface area contributed by atoms with E-state index in [0.29, 0.717) is 5.92 Å². The van der Waals surface area contributed by atoms with Gasteiger partial charge in [0.15, 0.2) is 5.82 Å². The molecule has 2 aliphatic heterocycles. The van der Waals surface area contributed by atoms with E-state index >= 15 is 0 Å². The fraction of sp³-hybridized carbons (Fsp3) is 0.485. The highest BCUT2D eigenvalue weighted by Crippen LogP contribution is 2.36. The maximum atomic E-state index is 11.7. The maximum absolute atomic E-state index is 11.7. The van der Waals surface area contributed by atoms with Crippen molar-refractivity contribution in [2.45, 2.75) is 79.4 Å². The van der Waals surface area contributed by atoms with E-state index in [2.05, 4.69) is 99.6 Å². The van der Waals surface area contributed by atoms with Gasteiger partial charge >= 0.3 is 0 Å². The molecule has 1 amide bonds. The highest BCUT2D eigenvalue weighted by atomic mass is 16.1. The van der Waals surface area contributed by atoms with Crippen molar-refractivity contribution >= 4 is 17.4 Å². The van der Waals surface area contributed by atoms with Crippen LogP contribution in [0.25, 0.3) is 11.4 Å². The molecule has 0 aliphatic carbocycles. The zero-order valence-electron chi connectivity index (χ0n) is 25.2. The van der Waals surface area contributed by atoms with Gasteiger partial charge in [0.05, 0.1) is 12.2 Å². The predicted molar refractivity (Wildman–Crippen MR) is 164 cm³/mol. The van der Waals surface area contributed by atoms with Crippen LogP contribution in [0.2, 0.25) is 0 Å². The summed E-state index contributed by atoms with van der Waals surface area (Å²) >= 11 is 0. The van der Waals surface area contributed by atoms with Crippen molar-refractivity contribution in [3.8, 4) is 11.4 Å². The van der Waals surface area contributed by atoms with Gasteiger partial charge in [0.2, 0.25) is 5.91 Å². The van der Waals surface area contributed by atoms with Crippen LogP contribution in [-0.2, 0) is 17.8 Å². The van der Waals surface area contributed by atoms with Gasteiger partial charge in [-0.2, -0.15) is 0 Å². The number of rotatable bonds is 6. The van der Waals surface area contributed by atoms with Gasteiger partial charge in [-0.1, -0.05) is 44.2 Å². The monoisotopic (exact) mass is 540 g/mol. The Kier molecular flexibility index (Phi) is 7.87. The molecular weight excluding hydrogens is 496 g/mol. The van der Waals surface area contributed by atoms with E-state index in [-0.39, 0.29) is 24.5 Å². The molecule has 3 heterocycles. The molecule has 3 aromatic rings. The molecule has 1 fully saturated rings. The number of carbonyl (C=O) groups is 1. The minimum atomic E-state index is -0.279. The SMILES string of the molecule is Cc1ccc(C(C)C)cc1N1CCc2nc(-c3c(C)cccc3C)nc(N3CC(C)N(CC(N)=O)CC3C)c2C1. The number of benzene rings is 2. The summed E-state index contributed by atoms with van der Waals surface area (Å²) in [4.78, 5) is 29.4. The summed E-state index contributed by atoms with van der Waals surface area (Å²) in [6.07, 6.45) is 0.875. The second kappa shape index (κ2) is 11.2. The Hall–Kier alpha value is -3.45. The highest BCUT2D eigenvalue weighted by molar-refractivity contribution is 5.76. The van der Waals surface area contributed by atoms with Crippen molar-refractivity contribution in [2.75, 3.05) is 36.0 Å². The molecule has 2 atom stereocenters. The van der Waals surface area contributed by atoms with Crippen molar-refractivity contribution in [3.63, 3.8) is 0 Å². The van der Waals surface area contributed by atoms with Crippen LogP contribution >= 0.6 is 0 Å². The molecule has 0 spiro atoms. The molecule has 0 bridgehead atoms. The zero-order valence-corrected chi connectivity index (χ0v) is 25.2. The van der Waals surface area contributed by atoms with Crippen LogP contribution in [0.3, 0.4) is 0 Å². The lowest BCUT2D eigenvalue weighted by atomic mass is 9.97. The molecule has 2 N–H and O–H groups in total. The minimum absolute atomic E-state index is 0.182. The molecule has 2 aromatic carbocycles. The summed E-state index contributed by atoms with van der Waals surface area (Å²) in [5.41, 5.74) is 15.4. The van der Waals surface area contributed by atoms with Gasteiger partial charge in [-0.05, 0) is 68.9 Å². The van der Waals surface area contributed by atoms with E-state index in [0.717, 1.165) is 55.5 Å². The third-order valence-corrected chi connectivity index (χ3v) is 8.73. The van der Waals surface area contributed by atoms with E-state index in [1.54, 1.807) is 0 Å². The lowest BCUT2D eigenvalue weighted by molar-refractivity contribution is -0.119. The summed E-state index contributed by atoms with van der Waals surface area (Å²) in [5.74, 6) is 2.05. The maximum Gasteiger partial charge on any atom is 0.231 e. The second-order valence-corrected chi connectivity index (χ2v) is 12.2. The van der Waals surface area contributed by atoms with Gasteiger partial charge in [-0.25, -0.2) is 9.97 Å². The average Bonchev–Trinajstić information content (AvgIpc) is 2.89. The number of hydrogen-bond acceptors (Lipinski definition) is 6. The van der Waals surface area contributed by atoms with Gasteiger partial charge in [-0.15, -0.1) is 0 Å². The van der Waals surface area contributed by atoms with Crippen molar-refractivity contribution in [1.29, 1.82) is 0 Å². The number of fused-ring (bicyclic) bond motifs is 1. The van der Waals surface area contributed by atoms with E-state index in [1.165, 1.54) is 33.5 Å². The summed E-state index contributed by atoms with van der Waals surface area (Å²) in [6, 6.07) is 13.6. The number of nitrogens with two attached hydrogens (primary N) is 1. The van der Waals surface area contributed by atoms with Crippen molar-refractivity contribution in [3.05, 3.63) is 69.9 Å². The zero-order chi connectivity index (χ0) is 28.7. The van der Waals surface area contributed by atoms with Gasteiger partial charge in [0.25, 0.3) is 0 Å². The number of nitrogens with zero attached hydrogens (tertiary/aromatic N) is 5. The normalized spacial score (nSPS) is 19.7. The Morgan fingerprint density at radius 1 is 1.00 bits per heavy atom. The average molecular weight is 541 g/mol. The molecule has 0 saturated carbocycles. The standard InChI is InChI=1S/C33H44N6O/c1-20(2)26-12-11-21(3)29(15-26)37-14-13-28-27(18-37)33(36-32(35-28)31-22(4)9-8-10-23(31)5)39-17-24(6)38(16-25(39)7)19-30(34)40/h8-12,15,20,24-25H,13-14,16-19H2,1-7H3,(H2,34,40). The van der Waals surface area contributed by atoms with Crippen LogP contribution in [-0.4, -0.2) is 59.0 Å². The molecule has 7 nitrogen and oxygen atoms in total. The number of piperazine rings is 1. The number of aryl methyl sites for hydroxylation is 3. The molecular formula is C33H44N6O. The number of carbonyl (C=O) groups excluding carboxylic acids is 1. The fourth-order valence-corrected chi connectivity index (χ4v) is 6.36. The third-order valence-electron chi connectivity index (χ3n) is 8.73. The Bertz CT molecular complexity index is 1400. The predicted octanol–water partition coefficient (Wildman–Crippen LogP) is 5.14. The van der Waals surface area contributed by atoms with E-state index in [4.69, 9.17) is 15.7 Å². The topological polar surface area (TPSA) is 78.6 Å². The molecule has 212 valence electrons. The van der Waals surface area contributed by atoms with Crippen LogP contribution in [0, 0.1) is 20.8 Å². The number of amides is 1.